The molecule has 0 radical (unpaired) electrons. The van der Waals surface area contributed by atoms with E-state index >= 15 is 0 Å². The Balaban J connectivity index is 1.71. The van der Waals surface area contributed by atoms with Gasteiger partial charge in [-0.05, 0) is 44.6 Å². The van der Waals surface area contributed by atoms with E-state index in [1.54, 1.807) is 7.11 Å². The van der Waals surface area contributed by atoms with E-state index in [0.29, 0.717) is 29.6 Å². The van der Waals surface area contributed by atoms with Gasteiger partial charge in [-0.1, -0.05) is 0 Å². The molecule has 1 aliphatic carbocycles. The summed E-state index contributed by atoms with van der Waals surface area (Å²) in [5.74, 6) is 1.08. The van der Waals surface area contributed by atoms with Crippen molar-refractivity contribution in [2.45, 2.75) is 44.2 Å². The quantitative estimate of drug-likeness (QED) is 0.819. The van der Waals surface area contributed by atoms with Gasteiger partial charge in [0.1, 0.15) is 0 Å². The van der Waals surface area contributed by atoms with Crippen LogP contribution in [0.4, 0.5) is 0 Å². The van der Waals surface area contributed by atoms with E-state index in [2.05, 4.69) is 5.32 Å². The van der Waals surface area contributed by atoms with Gasteiger partial charge in [-0.25, -0.2) is 8.42 Å². The average molecular weight is 261 g/mol. The lowest BCUT2D eigenvalue weighted by atomic mass is 9.92. The van der Waals surface area contributed by atoms with Crippen LogP contribution in [-0.2, 0) is 14.6 Å². The lowest BCUT2D eigenvalue weighted by molar-refractivity contribution is 0.0584. The minimum atomic E-state index is -2.73. The molecule has 100 valence electrons. The SMILES string of the molecule is COC1CCCC(NCC2CCS(=O)(=O)C2)C1. The van der Waals surface area contributed by atoms with E-state index in [9.17, 15) is 8.42 Å². The molecule has 0 aromatic rings. The minimum Gasteiger partial charge on any atom is -0.381 e. The van der Waals surface area contributed by atoms with Crippen LogP contribution in [0.1, 0.15) is 32.1 Å². The van der Waals surface area contributed by atoms with Crippen LogP contribution in [-0.4, -0.2) is 45.7 Å². The Morgan fingerprint density at radius 1 is 1.29 bits per heavy atom. The van der Waals surface area contributed by atoms with Crippen molar-refractivity contribution in [2.75, 3.05) is 25.2 Å². The normalized spacial score (nSPS) is 37.1. The first-order valence-electron chi connectivity index (χ1n) is 6.55. The Hall–Kier alpha value is -0.130. The third-order valence-electron chi connectivity index (χ3n) is 3.98. The van der Waals surface area contributed by atoms with Gasteiger partial charge in [0.2, 0.25) is 0 Å². The van der Waals surface area contributed by atoms with E-state index in [1.165, 1.54) is 12.8 Å². The summed E-state index contributed by atoms with van der Waals surface area (Å²) >= 11 is 0. The van der Waals surface area contributed by atoms with Crippen molar-refractivity contribution < 1.29 is 13.2 Å². The Labute approximate surface area is 104 Å². The maximum atomic E-state index is 11.3. The number of hydrogen-bond donors (Lipinski definition) is 1. The molecule has 1 heterocycles. The number of nitrogens with one attached hydrogen (secondary N) is 1. The summed E-state index contributed by atoms with van der Waals surface area (Å²) in [6.45, 7) is 0.848. The summed E-state index contributed by atoms with van der Waals surface area (Å²) in [7, 11) is -0.954. The highest BCUT2D eigenvalue weighted by Gasteiger charge is 2.29. The predicted molar refractivity (Wildman–Crippen MR) is 67.8 cm³/mol. The van der Waals surface area contributed by atoms with Crippen molar-refractivity contribution in [3.05, 3.63) is 0 Å². The van der Waals surface area contributed by atoms with Crippen LogP contribution in [0, 0.1) is 5.92 Å². The van der Waals surface area contributed by atoms with Crippen molar-refractivity contribution in [3.63, 3.8) is 0 Å². The predicted octanol–water partition coefficient (Wildman–Crippen LogP) is 0.968. The third kappa shape index (κ3) is 3.93. The summed E-state index contributed by atoms with van der Waals surface area (Å²) in [5, 5.41) is 3.52. The Bertz CT molecular complexity index is 342. The maximum absolute atomic E-state index is 11.3. The van der Waals surface area contributed by atoms with Gasteiger partial charge in [0.05, 0.1) is 17.6 Å². The monoisotopic (exact) mass is 261 g/mol. The van der Waals surface area contributed by atoms with Crippen molar-refractivity contribution in [1.82, 2.24) is 5.32 Å². The second-order valence-electron chi connectivity index (χ2n) is 5.40. The smallest absolute Gasteiger partial charge is 0.150 e. The lowest BCUT2D eigenvalue weighted by Crippen LogP contribution is -2.39. The molecule has 4 nitrogen and oxygen atoms in total. The average Bonchev–Trinajstić information content (AvgIpc) is 2.67. The largest absolute Gasteiger partial charge is 0.381 e. The topological polar surface area (TPSA) is 55.4 Å². The minimum absolute atomic E-state index is 0.322. The molecule has 2 fully saturated rings. The second kappa shape index (κ2) is 5.67. The zero-order chi connectivity index (χ0) is 12.3. The molecule has 3 unspecified atom stereocenters. The molecule has 0 aromatic carbocycles. The van der Waals surface area contributed by atoms with E-state index < -0.39 is 9.84 Å². The van der Waals surface area contributed by atoms with Crippen LogP contribution in [0.25, 0.3) is 0 Å². The zero-order valence-corrected chi connectivity index (χ0v) is 11.3. The van der Waals surface area contributed by atoms with Crippen molar-refractivity contribution in [3.8, 4) is 0 Å². The number of methoxy groups -OCH3 is 1. The highest BCUT2D eigenvalue weighted by molar-refractivity contribution is 7.91. The first-order chi connectivity index (χ1) is 8.09. The number of sulfone groups is 1. The maximum Gasteiger partial charge on any atom is 0.150 e. The summed E-state index contributed by atoms with van der Waals surface area (Å²) < 4.78 is 28.1. The highest BCUT2D eigenvalue weighted by atomic mass is 32.2. The molecule has 1 saturated heterocycles. The number of rotatable bonds is 4. The lowest BCUT2D eigenvalue weighted by Gasteiger charge is -2.29. The first-order valence-corrected chi connectivity index (χ1v) is 8.38. The van der Waals surface area contributed by atoms with Gasteiger partial charge >= 0.3 is 0 Å². The molecular weight excluding hydrogens is 238 g/mol. The fourth-order valence-corrected chi connectivity index (χ4v) is 4.77. The Morgan fingerprint density at radius 3 is 2.76 bits per heavy atom. The molecular formula is C12H23NO3S. The van der Waals surface area contributed by atoms with Crippen LogP contribution < -0.4 is 5.32 Å². The van der Waals surface area contributed by atoms with Gasteiger partial charge in [-0.3, -0.25) is 0 Å². The molecule has 0 spiro atoms. The Morgan fingerprint density at radius 2 is 2.12 bits per heavy atom. The standard InChI is InChI=1S/C12H23NO3S/c1-16-12-4-2-3-11(7-12)13-8-10-5-6-17(14,15)9-10/h10-13H,2-9H2,1H3. The zero-order valence-electron chi connectivity index (χ0n) is 10.5. The molecule has 2 aliphatic rings. The van der Waals surface area contributed by atoms with Crippen molar-refractivity contribution in [2.24, 2.45) is 5.92 Å². The van der Waals surface area contributed by atoms with Gasteiger partial charge in [-0.2, -0.15) is 0 Å². The molecule has 5 heteroatoms. The van der Waals surface area contributed by atoms with Crippen molar-refractivity contribution in [1.29, 1.82) is 0 Å². The molecule has 0 bridgehead atoms. The van der Waals surface area contributed by atoms with E-state index in [4.69, 9.17) is 4.74 Å². The van der Waals surface area contributed by atoms with Crippen LogP contribution >= 0.6 is 0 Å². The molecule has 1 N–H and O–H groups in total. The fourth-order valence-electron chi connectivity index (χ4n) is 2.91. The van der Waals surface area contributed by atoms with Gasteiger partial charge < -0.3 is 10.1 Å². The van der Waals surface area contributed by atoms with Crippen LogP contribution in [0.15, 0.2) is 0 Å². The molecule has 1 aliphatic heterocycles. The molecule has 17 heavy (non-hydrogen) atoms. The number of hydrogen-bond acceptors (Lipinski definition) is 4. The van der Waals surface area contributed by atoms with Crippen molar-refractivity contribution >= 4 is 9.84 Å². The third-order valence-corrected chi connectivity index (χ3v) is 5.82. The number of ether oxygens (including phenoxy) is 1. The fraction of sp³-hybridized carbons (Fsp3) is 1.00. The molecule has 0 aromatic heterocycles. The van der Waals surface area contributed by atoms with Gasteiger partial charge in [0.25, 0.3) is 0 Å². The van der Waals surface area contributed by atoms with E-state index in [1.807, 2.05) is 0 Å². The van der Waals surface area contributed by atoms with Crippen LogP contribution in [0.2, 0.25) is 0 Å². The second-order valence-corrected chi connectivity index (χ2v) is 7.63. The van der Waals surface area contributed by atoms with Gasteiger partial charge in [-0.15, -0.1) is 0 Å². The first kappa shape index (κ1) is 13.3. The van der Waals surface area contributed by atoms with Crippen LogP contribution in [0.5, 0.6) is 0 Å². The summed E-state index contributed by atoms with van der Waals surface area (Å²) in [5.41, 5.74) is 0. The molecule has 2 rings (SSSR count). The summed E-state index contributed by atoms with van der Waals surface area (Å²) in [6.07, 6.45) is 5.84. The van der Waals surface area contributed by atoms with Crippen LogP contribution in [0.3, 0.4) is 0 Å². The summed E-state index contributed by atoms with van der Waals surface area (Å²) in [6, 6.07) is 0.511. The summed E-state index contributed by atoms with van der Waals surface area (Å²) in [4.78, 5) is 0. The Kier molecular flexibility index (Phi) is 4.44. The van der Waals surface area contributed by atoms with Gasteiger partial charge in [0, 0.05) is 13.2 Å². The molecule has 0 amide bonds. The van der Waals surface area contributed by atoms with E-state index in [-0.39, 0.29) is 0 Å². The molecule has 3 atom stereocenters. The molecule has 1 saturated carbocycles. The highest BCUT2D eigenvalue weighted by Crippen LogP contribution is 2.22. The van der Waals surface area contributed by atoms with E-state index in [0.717, 1.165) is 25.8 Å². The van der Waals surface area contributed by atoms with Gasteiger partial charge in [0.15, 0.2) is 9.84 Å².